The molecule has 7 heteroatoms. The van der Waals surface area contributed by atoms with Crippen LogP contribution in [0, 0.1) is 0 Å². The third-order valence-electron chi connectivity index (χ3n) is 6.04. The second kappa shape index (κ2) is 8.22. The van der Waals surface area contributed by atoms with Crippen LogP contribution in [0.2, 0.25) is 10.0 Å². The maximum absolute atomic E-state index is 13.7. The molecule has 158 valence electrons. The van der Waals surface area contributed by atoms with Gasteiger partial charge in [0.05, 0.1) is 0 Å². The van der Waals surface area contributed by atoms with Gasteiger partial charge in [-0.25, -0.2) is 4.90 Å². The molecule has 1 heterocycles. The molecular formula is C23H24Cl2N2O3. The number of fused-ring (bicyclic) bond motifs is 1. The Morgan fingerprint density at radius 2 is 1.97 bits per heavy atom. The van der Waals surface area contributed by atoms with E-state index in [0.717, 1.165) is 30.4 Å². The Hall–Kier alpha value is -2.08. The molecule has 2 aromatic rings. The second-order valence-corrected chi connectivity index (χ2v) is 8.88. The van der Waals surface area contributed by atoms with Crippen molar-refractivity contribution in [1.82, 2.24) is 4.90 Å². The molecule has 0 saturated heterocycles. The lowest BCUT2D eigenvalue weighted by molar-refractivity contribution is -0.175. The largest absolute Gasteiger partial charge is 0.447 e. The van der Waals surface area contributed by atoms with E-state index in [1.807, 2.05) is 37.3 Å². The standard InChI is InChI=1S/C23H24Cl2N2O3/c1-14(30-15(2)28)27(19-7-4-8-19)23(13-16-5-3-6-17(24)11-16)20-10-9-18(25)12-21(20)26-22(23)29/h3,5-6,9-12,14,19H,4,7-8,13H2,1-2H3,(H,26,29). The van der Waals surface area contributed by atoms with Gasteiger partial charge in [-0.2, -0.15) is 0 Å². The fourth-order valence-electron chi connectivity index (χ4n) is 4.67. The van der Waals surface area contributed by atoms with Gasteiger partial charge in [0.1, 0.15) is 5.54 Å². The molecule has 2 aliphatic rings. The molecule has 4 rings (SSSR count). The minimum Gasteiger partial charge on any atom is -0.447 e. The van der Waals surface area contributed by atoms with Crippen LogP contribution in [0.3, 0.4) is 0 Å². The highest BCUT2D eigenvalue weighted by Crippen LogP contribution is 2.48. The summed E-state index contributed by atoms with van der Waals surface area (Å²) in [7, 11) is 0. The molecule has 0 spiro atoms. The maximum atomic E-state index is 13.7. The summed E-state index contributed by atoms with van der Waals surface area (Å²) in [6.45, 7) is 3.22. The van der Waals surface area contributed by atoms with E-state index in [-0.39, 0.29) is 17.9 Å². The molecule has 1 aliphatic heterocycles. The minimum absolute atomic E-state index is 0.130. The minimum atomic E-state index is -1.04. The molecule has 0 aromatic heterocycles. The fourth-order valence-corrected chi connectivity index (χ4v) is 5.06. The number of nitrogens with zero attached hydrogens (tertiary/aromatic N) is 1. The molecule has 1 N–H and O–H groups in total. The first-order valence-electron chi connectivity index (χ1n) is 10.1. The van der Waals surface area contributed by atoms with Crippen LogP contribution >= 0.6 is 23.2 Å². The van der Waals surface area contributed by atoms with E-state index in [9.17, 15) is 9.59 Å². The zero-order valence-electron chi connectivity index (χ0n) is 17.0. The van der Waals surface area contributed by atoms with Gasteiger partial charge in [-0.05, 0) is 49.6 Å². The summed E-state index contributed by atoms with van der Waals surface area (Å²) in [6.07, 6.45) is 2.80. The Bertz CT molecular complexity index is 992. The first kappa shape index (κ1) is 21.2. The van der Waals surface area contributed by atoms with Crippen molar-refractivity contribution in [1.29, 1.82) is 0 Å². The summed E-state index contributed by atoms with van der Waals surface area (Å²) in [5, 5.41) is 4.18. The lowest BCUT2D eigenvalue weighted by Gasteiger charge is -2.50. The Balaban J connectivity index is 1.89. The highest BCUT2D eigenvalue weighted by Gasteiger charge is 2.56. The SMILES string of the molecule is CC(=O)OC(C)N(C1CCC1)C1(Cc2cccc(Cl)c2)C(=O)Nc2cc(Cl)ccc21. The topological polar surface area (TPSA) is 58.6 Å². The zero-order chi connectivity index (χ0) is 21.5. The van der Waals surface area contributed by atoms with Crippen LogP contribution in [0.25, 0.3) is 0 Å². The number of carbonyl (C=O) groups excluding carboxylic acids is 2. The normalized spacial score (nSPS) is 21.7. The molecule has 1 amide bonds. The first-order valence-corrected chi connectivity index (χ1v) is 10.9. The van der Waals surface area contributed by atoms with Gasteiger partial charge in [0.15, 0.2) is 6.23 Å². The summed E-state index contributed by atoms with van der Waals surface area (Å²) in [6, 6.07) is 13.1. The van der Waals surface area contributed by atoms with E-state index in [1.165, 1.54) is 6.92 Å². The number of anilines is 1. The van der Waals surface area contributed by atoms with Crippen LogP contribution in [-0.2, 0) is 26.3 Å². The number of nitrogens with one attached hydrogen (secondary N) is 1. The predicted octanol–water partition coefficient (Wildman–Crippen LogP) is 5.15. The van der Waals surface area contributed by atoms with E-state index in [0.29, 0.717) is 22.2 Å². The van der Waals surface area contributed by atoms with Gasteiger partial charge >= 0.3 is 5.97 Å². The number of benzene rings is 2. The van der Waals surface area contributed by atoms with Crippen molar-refractivity contribution < 1.29 is 14.3 Å². The number of rotatable bonds is 6. The number of amides is 1. The van der Waals surface area contributed by atoms with Gasteiger partial charge < -0.3 is 10.1 Å². The molecule has 2 unspecified atom stereocenters. The van der Waals surface area contributed by atoms with Crippen molar-refractivity contribution in [2.45, 2.75) is 57.3 Å². The summed E-state index contributed by atoms with van der Waals surface area (Å²) in [5.41, 5.74) is 1.42. The summed E-state index contributed by atoms with van der Waals surface area (Å²) < 4.78 is 5.61. The average molecular weight is 447 g/mol. The quantitative estimate of drug-likeness (QED) is 0.492. The molecule has 2 aromatic carbocycles. The summed E-state index contributed by atoms with van der Waals surface area (Å²) in [4.78, 5) is 27.5. The predicted molar refractivity (Wildman–Crippen MR) is 118 cm³/mol. The van der Waals surface area contributed by atoms with E-state index < -0.39 is 11.8 Å². The molecular weight excluding hydrogens is 423 g/mol. The van der Waals surface area contributed by atoms with Crippen molar-refractivity contribution in [2.75, 3.05) is 5.32 Å². The van der Waals surface area contributed by atoms with Crippen molar-refractivity contribution in [3.63, 3.8) is 0 Å². The molecule has 0 radical (unpaired) electrons. The third kappa shape index (κ3) is 3.70. The van der Waals surface area contributed by atoms with Crippen LogP contribution in [0.5, 0.6) is 0 Å². The number of esters is 1. The highest BCUT2D eigenvalue weighted by molar-refractivity contribution is 6.31. The molecule has 2 atom stereocenters. The number of ether oxygens (including phenoxy) is 1. The van der Waals surface area contributed by atoms with Crippen LogP contribution in [0.4, 0.5) is 5.69 Å². The van der Waals surface area contributed by atoms with Gasteiger partial charge in [-0.1, -0.05) is 47.8 Å². The van der Waals surface area contributed by atoms with Crippen LogP contribution in [0.1, 0.15) is 44.2 Å². The van der Waals surface area contributed by atoms with Gasteiger partial charge in [0, 0.05) is 40.7 Å². The number of hydrogen-bond donors (Lipinski definition) is 1. The lowest BCUT2D eigenvalue weighted by Crippen LogP contribution is -2.62. The molecule has 1 saturated carbocycles. The van der Waals surface area contributed by atoms with Gasteiger partial charge in [0.2, 0.25) is 5.91 Å². The van der Waals surface area contributed by atoms with E-state index in [1.54, 1.807) is 12.1 Å². The molecule has 30 heavy (non-hydrogen) atoms. The second-order valence-electron chi connectivity index (χ2n) is 8.01. The average Bonchev–Trinajstić information content (AvgIpc) is 2.88. The number of hydrogen-bond acceptors (Lipinski definition) is 4. The Labute approximate surface area is 186 Å². The van der Waals surface area contributed by atoms with Crippen molar-refractivity contribution in [3.05, 3.63) is 63.6 Å². The monoisotopic (exact) mass is 446 g/mol. The van der Waals surface area contributed by atoms with Crippen LogP contribution in [0.15, 0.2) is 42.5 Å². The van der Waals surface area contributed by atoms with E-state index in [2.05, 4.69) is 10.2 Å². The lowest BCUT2D eigenvalue weighted by atomic mass is 9.78. The maximum Gasteiger partial charge on any atom is 0.304 e. The molecule has 0 bridgehead atoms. The van der Waals surface area contributed by atoms with Crippen LogP contribution < -0.4 is 5.32 Å². The van der Waals surface area contributed by atoms with Crippen molar-refractivity contribution in [2.24, 2.45) is 0 Å². The molecule has 5 nitrogen and oxygen atoms in total. The zero-order valence-corrected chi connectivity index (χ0v) is 18.5. The van der Waals surface area contributed by atoms with Gasteiger partial charge in [0.25, 0.3) is 0 Å². The number of carbonyl (C=O) groups is 2. The van der Waals surface area contributed by atoms with Crippen molar-refractivity contribution in [3.8, 4) is 0 Å². The first-order chi connectivity index (χ1) is 14.3. The Kier molecular flexibility index (Phi) is 5.80. The summed E-state index contributed by atoms with van der Waals surface area (Å²) >= 11 is 12.4. The van der Waals surface area contributed by atoms with Crippen LogP contribution in [-0.4, -0.2) is 29.0 Å². The third-order valence-corrected chi connectivity index (χ3v) is 6.51. The van der Waals surface area contributed by atoms with Crippen molar-refractivity contribution >= 4 is 40.8 Å². The summed E-state index contributed by atoms with van der Waals surface area (Å²) in [5.74, 6) is -0.523. The fraction of sp³-hybridized carbons (Fsp3) is 0.391. The van der Waals surface area contributed by atoms with E-state index in [4.69, 9.17) is 27.9 Å². The Morgan fingerprint density at radius 1 is 1.23 bits per heavy atom. The van der Waals surface area contributed by atoms with Gasteiger partial charge in [-0.3, -0.25) is 9.59 Å². The number of halogens is 2. The molecule has 1 fully saturated rings. The highest BCUT2D eigenvalue weighted by atomic mass is 35.5. The van der Waals surface area contributed by atoms with Gasteiger partial charge in [-0.15, -0.1) is 0 Å². The molecule has 1 aliphatic carbocycles. The van der Waals surface area contributed by atoms with E-state index >= 15 is 0 Å². The Morgan fingerprint density at radius 3 is 2.60 bits per heavy atom. The smallest absolute Gasteiger partial charge is 0.304 e.